The minimum absolute atomic E-state index is 0.0214. The molecule has 0 saturated carbocycles. The van der Waals surface area contributed by atoms with Gasteiger partial charge in [-0.25, -0.2) is 0 Å². The average Bonchev–Trinajstić information content (AvgIpc) is 2.60. The largest absolute Gasteiger partial charge is 0.463 e. The van der Waals surface area contributed by atoms with Gasteiger partial charge in [-0.15, -0.1) is 11.8 Å². The maximum absolute atomic E-state index is 11.9. The lowest BCUT2D eigenvalue weighted by Gasteiger charge is -2.36. The molecule has 0 aliphatic carbocycles. The fraction of sp³-hybridized carbons (Fsp3) is 0.917. The van der Waals surface area contributed by atoms with Gasteiger partial charge in [0.2, 0.25) is 0 Å². The molecule has 0 aromatic rings. The van der Waals surface area contributed by atoms with E-state index in [0.717, 1.165) is 31.9 Å². The Morgan fingerprint density at radius 2 is 2.24 bits per heavy atom. The Labute approximate surface area is 108 Å². The van der Waals surface area contributed by atoms with Crippen LogP contribution in [0.5, 0.6) is 0 Å². The minimum Gasteiger partial charge on any atom is -0.463 e. The number of likely N-dealkylation sites (N-methyl/N-ethyl adjacent to an activating group) is 1. The number of hydrogen-bond donors (Lipinski definition) is 0. The summed E-state index contributed by atoms with van der Waals surface area (Å²) in [6.07, 6.45) is 1.23. The van der Waals surface area contributed by atoms with E-state index in [1.54, 1.807) is 0 Å². The summed E-state index contributed by atoms with van der Waals surface area (Å²) in [5.41, 5.74) is 0. The molecule has 5 heteroatoms. The van der Waals surface area contributed by atoms with E-state index in [2.05, 4.69) is 23.6 Å². The Kier molecular flexibility index (Phi) is 4.70. The van der Waals surface area contributed by atoms with Crippen LogP contribution in [0.25, 0.3) is 0 Å². The zero-order valence-corrected chi connectivity index (χ0v) is 11.5. The number of esters is 1. The average molecular weight is 258 g/mol. The van der Waals surface area contributed by atoms with Crippen LogP contribution < -0.4 is 0 Å². The fourth-order valence-corrected chi connectivity index (χ4v) is 3.78. The van der Waals surface area contributed by atoms with E-state index in [0.29, 0.717) is 12.0 Å². The number of ether oxygens (including phenoxy) is 1. The molecule has 2 aliphatic heterocycles. The normalized spacial score (nSPS) is 27.9. The predicted octanol–water partition coefficient (Wildman–Crippen LogP) is 1.02. The Morgan fingerprint density at radius 3 is 2.76 bits per heavy atom. The highest BCUT2D eigenvalue weighted by Crippen LogP contribution is 2.38. The number of thioether (sulfide) groups is 1. The van der Waals surface area contributed by atoms with Gasteiger partial charge < -0.3 is 9.64 Å². The Balaban J connectivity index is 1.67. The van der Waals surface area contributed by atoms with Crippen LogP contribution in [0.3, 0.4) is 0 Å². The molecule has 0 radical (unpaired) electrons. The van der Waals surface area contributed by atoms with Crippen molar-refractivity contribution >= 4 is 17.7 Å². The van der Waals surface area contributed by atoms with Crippen LogP contribution in [-0.2, 0) is 9.53 Å². The predicted molar refractivity (Wildman–Crippen MR) is 70.1 cm³/mol. The van der Waals surface area contributed by atoms with E-state index in [1.165, 1.54) is 6.42 Å². The molecular weight excluding hydrogens is 236 g/mol. The molecule has 2 unspecified atom stereocenters. The van der Waals surface area contributed by atoms with Crippen LogP contribution in [0, 0.1) is 0 Å². The van der Waals surface area contributed by atoms with Crippen molar-refractivity contribution in [3.63, 3.8) is 0 Å². The van der Waals surface area contributed by atoms with Crippen LogP contribution in [0.4, 0.5) is 0 Å². The van der Waals surface area contributed by atoms with Gasteiger partial charge in [0.1, 0.15) is 12.6 Å². The molecule has 2 atom stereocenters. The van der Waals surface area contributed by atoms with Crippen molar-refractivity contribution in [2.75, 3.05) is 38.5 Å². The number of carbonyl (C=O) groups excluding carboxylic acids is 1. The molecule has 2 fully saturated rings. The summed E-state index contributed by atoms with van der Waals surface area (Å²) in [7, 11) is 0. The van der Waals surface area contributed by atoms with Gasteiger partial charge >= 0.3 is 5.97 Å². The molecule has 0 N–H and O–H groups in total. The highest BCUT2D eigenvalue weighted by Gasteiger charge is 2.44. The first-order valence-corrected chi connectivity index (χ1v) is 7.57. The quantitative estimate of drug-likeness (QED) is 0.664. The lowest BCUT2D eigenvalue weighted by atomic mass is 10.1. The topological polar surface area (TPSA) is 32.8 Å². The van der Waals surface area contributed by atoms with E-state index < -0.39 is 0 Å². The van der Waals surface area contributed by atoms with Gasteiger partial charge in [-0.2, -0.15) is 0 Å². The smallest absolute Gasteiger partial charge is 0.324 e. The monoisotopic (exact) mass is 258 g/mol. The molecule has 0 bridgehead atoms. The molecule has 0 spiro atoms. The van der Waals surface area contributed by atoms with E-state index >= 15 is 0 Å². The van der Waals surface area contributed by atoms with Gasteiger partial charge in [0.05, 0.1) is 5.37 Å². The van der Waals surface area contributed by atoms with Crippen LogP contribution in [-0.4, -0.2) is 65.7 Å². The third-order valence-electron chi connectivity index (χ3n) is 3.67. The second-order valence-corrected chi connectivity index (χ2v) is 5.74. The molecule has 2 heterocycles. The zero-order chi connectivity index (χ0) is 12.3. The second kappa shape index (κ2) is 6.07. The highest BCUT2D eigenvalue weighted by molar-refractivity contribution is 8.00. The van der Waals surface area contributed by atoms with Crippen molar-refractivity contribution in [2.45, 2.75) is 31.7 Å². The first-order valence-electron chi connectivity index (χ1n) is 6.52. The van der Waals surface area contributed by atoms with E-state index in [-0.39, 0.29) is 12.0 Å². The van der Waals surface area contributed by atoms with Gasteiger partial charge in [-0.05, 0) is 19.5 Å². The maximum Gasteiger partial charge on any atom is 0.324 e. The van der Waals surface area contributed by atoms with Crippen LogP contribution in [0.1, 0.15) is 20.3 Å². The minimum atomic E-state index is -0.0214. The Morgan fingerprint density at radius 1 is 1.47 bits per heavy atom. The van der Waals surface area contributed by atoms with Crippen molar-refractivity contribution in [3.05, 3.63) is 0 Å². The molecule has 0 amide bonds. The van der Waals surface area contributed by atoms with Crippen LogP contribution >= 0.6 is 11.8 Å². The lowest BCUT2D eigenvalue weighted by Crippen LogP contribution is -2.50. The molecule has 2 rings (SSSR count). The van der Waals surface area contributed by atoms with Gasteiger partial charge in [-0.3, -0.25) is 9.69 Å². The molecule has 0 aromatic heterocycles. The van der Waals surface area contributed by atoms with Crippen molar-refractivity contribution in [3.8, 4) is 0 Å². The summed E-state index contributed by atoms with van der Waals surface area (Å²) >= 11 is 1.89. The first-order chi connectivity index (χ1) is 8.26. The number of carbonyl (C=O) groups is 1. The first kappa shape index (κ1) is 13.2. The summed E-state index contributed by atoms with van der Waals surface area (Å²) in [5.74, 6) is 0.890. The van der Waals surface area contributed by atoms with Gasteiger partial charge in [0.25, 0.3) is 0 Å². The molecule has 2 saturated heterocycles. The van der Waals surface area contributed by atoms with Crippen LogP contribution in [0.15, 0.2) is 0 Å². The Hall–Kier alpha value is -0.260. The lowest BCUT2D eigenvalue weighted by molar-refractivity contribution is -0.150. The van der Waals surface area contributed by atoms with E-state index in [1.807, 2.05) is 11.8 Å². The highest BCUT2D eigenvalue weighted by atomic mass is 32.2. The third-order valence-corrected chi connectivity index (χ3v) is 5.07. The number of rotatable bonds is 6. The second-order valence-electron chi connectivity index (χ2n) is 4.52. The molecule has 98 valence electrons. The summed E-state index contributed by atoms with van der Waals surface area (Å²) < 4.78 is 5.38. The SMILES string of the molecule is CCN(CC)CCOC(=O)C1CSC2CCN21. The molecular formula is C12H22N2O2S. The fourth-order valence-electron chi connectivity index (χ4n) is 2.33. The van der Waals surface area contributed by atoms with E-state index in [4.69, 9.17) is 4.74 Å². The summed E-state index contributed by atoms with van der Waals surface area (Å²) in [6.45, 7) is 8.73. The van der Waals surface area contributed by atoms with Gasteiger partial charge in [0.15, 0.2) is 0 Å². The standard InChI is InChI=1S/C12H22N2O2S/c1-3-13(4-2)7-8-16-12(15)10-9-17-11-5-6-14(10)11/h10-11H,3-9H2,1-2H3. The molecule has 2 aliphatic rings. The van der Waals surface area contributed by atoms with Crippen molar-refractivity contribution in [1.82, 2.24) is 9.80 Å². The maximum atomic E-state index is 11.9. The van der Waals surface area contributed by atoms with Gasteiger partial charge in [0, 0.05) is 18.8 Å². The third kappa shape index (κ3) is 2.95. The molecule has 4 nitrogen and oxygen atoms in total. The summed E-state index contributed by atoms with van der Waals surface area (Å²) in [6, 6.07) is 0.0236. The van der Waals surface area contributed by atoms with Gasteiger partial charge in [-0.1, -0.05) is 13.8 Å². The summed E-state index contributed by atoms with van der Waals surface area (Å²) in [5, 5.41) is 0.593. The summed E-state index contributed by atoms with van der Waals surface area (Å²) in [4.78, 5) is 16.4. The van der Waals surface area contributed by atoms with Crippen molar-refractivity contribution in [2.24, 2.45) is 0 Å². The number of nitrogens with zero attached hydrogens (tertiary/aromatic N) is 2. The van der Waals surface area contributed by atoms with Crippen LogP contribution in [0.2, 0.25) is 0 Å². The Bertz CT molecular complexity index is 271. The van der Waals surface area contributed by atoms with Crippen molar-refractivity contribution < 1.29 is 9.53 Å². The molecule has 0 aromatic carbocycles. The zero-order valence-electron chi connectivity index (χ0n) is 10.7. The van der Waals surface area contributed by atoms with Crippen molar-refractivity contribution in [1.29, 1.82) is 0 Å². The van der Waals surface area contributed by atoms with E-state index in [9.17, 15) is 4.79 Å². The number of hydrogen-bond acceptors (Lipinski definition) is 5. The number of fused-ring (bicyclic) bond motifs is 1. The molecule has 17 heavy (non-hydrogen) atoms.